The van der Waals surface area contributed by atoms with Crippen LogP contribution in [0.25, 0.3) is 0 Å². The van der Waals surface area contributed by atoms with Crippen molar-refractivity contribution in [3.63, 3.8) is 0 Å². The fraction of sp³-hybridized carbons (Fsp3) is 0.533. The topological polar surface area (TPSA) is 49.3 Å². The van der Waals surface area contributed by atoms with Gasteiger partial charge in [0.15, 0.2) is 0 Å². The van der Waals surface area contributed by atoms with Gasteiger partial charge in [0, 0.05) is 21.7 Å². The molecule has 1 aromatic rings. The highest BCUT2D eigenvalue weighted by Gasteiger charge is 2.25. The van der Waals surface area contributed by atoms with E-state index in [1.807, 2.05) is 0 Å². The Balaban J connectivity index is 2.01. The number of carbonyl (C=O) groups is 1. The molecule has 2 rings (SSSR count). The summed E-state index contributed by atoms with van der Waals surface area (Å²) >= 11 is 14.1. The molecule has 2 unspecified atom stereocenters. The molecule has 0 radical (unpaired) electrons. The van der Waals surface area contributed by atoms with Crippen LogP contribution in [0.4, 0.5) is 0 Å². The molecule has 1 aliphatic rings. The summed E-state index contributed by atoms with van der Waals surface area (Å²) in [5.41, 5.74) is 0.504. The lowest BCUT2D eigenvalue weighted by atomic mass is 9.79. The van der Waals surface area contributed by atoms with Gasteiger partial charge in [-0.2, -0.15) is 0 Å². The molecule has 1 fully saturated rings. The molecule has 116 valence electrons. The lowest BCUT2D eigenvalue weighted by Crippen LogP contribution is -2.35. The van der Waals surface area contributed by atoms with Gasteiger partial charge in [0.2, 0.25) is 0 Å². The molecule has 21 heavy (non-hydrogen) atoms. The number of hydrogen-bond acceptors (Lipinski definition) is 2. The van der Waals surface area contributed by atoms with E-state index in [1.54, 1.807) is 12.1 Å². The zero-order valence-corrected chi connectivity index (χ0v) is 15.2. The maximum absolute atomic E-state index is 12.3. The standard InChI is InChI=1S/C15H18Cl2INO2/c16-11-5-12(14(18)13(17)6-11)15(21)19-7-9-3-1-2-4-10(9)8-20/h5-6,9-10,20H,1-4,7-8H2,(H,19,21). The summed E-state index contributed by atoms with van der Waals surface area (Å²) in [5, 5.41) is 13.3. The molecule has 1 saturated carbocycles. The van der Waals surface area contributed by atoms with Crippen molar-refractivity contribution in [1.29, 1.82) is 0 Å². The number of carbonyl (C=O) groups excluding carboxylic acids is 1. The number of nitrogens with one attached hydrogen (secondary N) is 1. The average molecular weight is 442 g/mol. The Labute approximate surface area is 148 Å². The van der Waals surface area contributed by atoms with Gasteiger partial charge in [-0.3, -0.25) is 4.79 Å². The van der Waals surface area contributed by atoms with E-state index in [2.05, 4.69) is 27.9 Å². The van der Waals surface area contributed by atoms with E-state index in [9.17, 15) is 9.90 Å². The van der Waals surface area contributed by atoms with Crippen molar-refractivity contribution >= 4 is 51.7 Å². The third-order valence-corrected chi connectivity index (χ3v) is 6.06. The number of rotatable bonds is 4. The molecule has 0 bridgehead atoms. The van der Waals surface area contributed by atoms with E-state index in [-0.39, 0.29) is 12.5 Å². The quantitative estimate of drug-likeness (QED) is 0.545. The van der Waals surface area contributed by atoms with E-state index < -0.39 is 0 Å². The molecule has 0 saturated heterocycles. The monoisotopic (exact) mass is 441 g/mol. The summed E-state index contributed by atoms with van der Waals surface area (Å²) in [7, 11) is 0. The van der Waals surface area contributed by atoms with E-state index in [1.165, 1.54) is 0 Å². The van der Waals surface area contributed by atoms with E-state index in [4.69, 9.17) is 23.2 Å². The molecule has 6 heteroatoms. The molecule has 1 aromatic carbocycles. The van der Waals surface area contributed by atoms with Crippen molar-refractivity contribution in [1.82, 2.24) is 5.32 Å². The van der Waals surface area contributed by atoms with Crippen LogP contribution in [0.2, 0.25) is 10.0 Å². The lowest BCUT2D eigenvalue weighted by Gasteiger charge is -2.30. The largest absolute Gasteiger partial charge is 0.396 e. The van der Waals surface area contributed by atoms with Crippen LogP contribution in [0.3, 0.4) is 0 Å². The summed E-state index contributed by atoms with van der Waals surface area (Å²) in [5.74, 6) is 0.479. The van der Waals surface area contributed by atoms with Crippen LogP contribution < -0.4 is 5.32 Å². The van der Waals surface area contributed by atoms with Gasteiger partial charge in [0.25, 0.3) is 5.91 Å². The first-order chi connectivity index (χ1) is 10.0. The summed E-state index contributed by atoms with van der Waals surface area (Å²) < 4.78 is 0.707. The SMILES string of the molecule is O=C(NCC1CCCCC1CO)c1cc(Cl)cc(Cl)c1I. The Morgan fingerprint density at radius 2 is 1.95 bits per heavy atom. The number of hydrogen-bond donors (Lipinski definition) is 2. The highest BCUT2D eigenvalue weighted by atomic mass is 127. The van der Waals surface area contributed by atoms with Crippen LogP contribution in [-0.2, 0) is 0 Å². The second-order valence-electron chi connectivity index (χ2n) is 5.45. The lowest BCUT2D eigenvalue weighted by molar-refractivity contribution is 0.0908. The zero-order valence-electron chi connectivity index (χ0n) is 11.5. The van der Waals surface area contributed by atoms with Gasteiger partial charge in [-0.15, -0.1) is 0 Å². The van der Waals surface area contributed by atoms with Gasteiger partial charge in [-0.25, -0.2) is 0 Å². The fourth-order valence-corrected chi connectivity index (χ4v) is 3.88. The van der Waals surface area contributed by atoms with Gasteiger partial charge in [-0.1, -0.05) is 36.0 Å². The molecule has 1 aliphatic carbocycles. The molecular weight excluding hydrogens is 424 g/mol. The summed E-state index contributed by atoms with van der Waals surface area (Å²) in [4.78, 5) is 12.3. The minimum absolute atomic E-state index is 0.161. The Morgan fingerprint density at radius 3 is 2.62 bits per heavy atom. The first kappa shape index (κ1) is 17.3. The van der Waals surface area contributed by atoms with Gasteiger partial charge in [-0.05, 0) is 59.4 Å². The first-order valence-electron chi connectivity index (χ1n) is 7.06. The molecular formula is C15H18Cl2INO2. The predicted molar refractivity (Wildman–Crippen MR) is 94.0 cm³/mol. The molecule has 0 aliphatic heterocycles. The highest BCUT2D eigenvalue weighted by molar-refractivity contribution is 14.1. The number of aliphatic hydroxyl groups is 1. The van der Waals surface area contributed by atoms with Gasteiger partial charge in [0.1, 0.15) is 0 Å². The van der Waals surface area contributed by atoms with Gasteiger partial charge in [0.05, 0.1) is 10.6 Å². The van der Waals surface area contributed by atoms with Crippen LogP contribution >= 0.6 is 45.8 Å². The fourth-order valence-electron chi connectivity index (χ4n) is 2.83. The zero-order chi connectivity index (χ0) is 15.4. The number of benzene rings is 1. The summed E-state index contributed by atoms with van der Waals surface area (Å²) in [6, 6.07) is 3.26. The first-order valence-corrected chi connectivity index (χ1v) is 8.90. The molecule has 0 spiro atoms. The van der Waals surface area contributed by atoms with Gasteiger partial charge < -0.3 is 10.4 Å². The minimum atomic E-state index is -0.161. The molecule has 0 heterocycles. The van der Waals surface area contributed by atoms with Crippen LogP contribution in [0.5, 0.6) is 0 Å². The van der Waals surface area contributed by atoms with Crippen LogP contribution in [0.15, 0.2) is 12.1 Å². The highest BCUT2D eigenvalue weighted by Crippen LogP contribution is 2.30. The van der Waals surface area contributed by atoms with Crippen molar-refractivity contribution in [3.05, 3.63) is 31.3 Å². The van der Waals surface area contributed by atoms with Crippen LogP contribution in [0, 0.1) is 15.4 Å². The van der Waals surface area contributed by atoms with Crippen molar-refractivity contribution in [2.45, 2.75) is 25.7 Å². The van der Waals surface area contributed by atoms with E-state index in [0.717, 1.165) is 25.7 Å². The molecule has 3 nitrogen and oxygen atoms in total. The second kappa shape index (κ2) is 7.99. The smallest absolute Gasteiger partial charge is 0.252 e. The Hall–Kier alpha value is -0.0400. The number of halogens is 3. The summed E-state index contributed by atoms with van der Waals surface area (Å²) in [6.07, 6.45) is 4.42. The average Bonchev–Trinajstić information content (AvgIpc) is 2.48. The van der Waals surface area contributed by atoms with E-state index >= 15 is 0 Å². The van der Waals surface area contributed by atoms with E-state index in [0.29, 0.717) is 37.6 Å². The second-order valence-corrected chi connectivity index (χ2v) is 7.37. The Morgan fingerprint density at radius 1 is 1.29 bits per heavy atom. The normalized spacial score (nSPS) is 22.1. The van der Waals surface area contributed by atoms with Crippen LogP contribution in [0.1, 0.15) is 36.0 Å². The number of amides is 1. The maximum Gasteiger partial charge on any atom is 0.252 e. The molecule has 0 aromatic heterocycles. The number of aliphatic hydroxyl groups excluding tert-OH is 1. The van der Waals surface area contributed by atoms with Crippen molar-refractivity contribution in [2.75, 3.05) is 13.2 Å². The molecule has 2 atom stereocenters. The third kappa shape index (κ3) is 4.47. The van der Waals surface area contributed by atoms with Crippen molar-refractivity contribution in [2.24, 2.45) is 11.8 Å². The van der Waals surface area contributed by atoms with Crippen molar-refractivity contribution < 1.29 is 9.90 Å². The van der Waals surface area contributed by atoms with Crippen LogP contribution in [-0.4, -0.2) is 24.2 Å². The Kier molecular flexibility index (Phi) is 6.59. The molecule has 1 amide bonds. The molecule has 2 N–H and O–H groups in total. The van der Waals surface area contributed by atoms with Crippen molar-refractivity contribution in [3.8, 4) is 0 Å². The third-order valence-electron chi connectivity index (χ3n) is 4.06. The summed E-state index contributed by atoms with van der Waals surface area (Å²) in [6.45, 7) is 0.783. The maximum atomic E-state index is 12.3. The Bertz CT molecular complexity index is 525. The minimum Gasteiger partial charge on any atom is -0.396 e. The van der Waals surface area contributed by atoms with Gasteiger partial charge >= 0.3 is 0 Å². The predicted octanol–water partition coefficient (Wildman–Crippen LogP) is 4.13.